The molecular weight excluding hydrogens is 202 g/mol. The van der Waals surface area contributed by atoms with Gasteiger partial charge < -0.3 is 9.64 Å². The predicted molar refractivity (Wildman–Crippen MR) is 63.1 cm³/mol. The van der Waals surface area contributed by atoms with E-state index in [2.05, 4.69) is 4.90 Å². The number of nitrogens with zero attached hydrogens (tertiary/aromatic N) is 1. The minimum Gasteiger partial charge on any atom is -0.381 e. The van der Waals surface area contributed by atoms with Crippen molar-refractivity contribution in [2.45, 2.75) is 40.0 Å². The molecule has 1 amide bonds. The zero-order valence-corrected chi connectivity index (χ0v) is 10.7. The van der Waals surface area contributed by atoms with Crippen LogP contribution < -0.4 is 0 Å². The van der Waals surface area contributed by atoms with Crippen molar-refractivity contribution in [2.24, 2.45) is 10.8 Å². The van der Waals surface area contributed by atoms with Crippen molar-refractivity contribution in [3.05, 3.63) is 0 Å². The number of hydrogen-bond donors (Lipinski definition) is 0. The van der Waals surface area contributed by atoms with E-state index in [0.29, 0.717) is 11.3 Å². The van der Waals surface area contributed by atoms with E-state index < -0.39 is 0 Å². The Balaban J connectivity index is 1.99. The second kappa shape index (κ2) is 4.02. The summed E-state index contributed by atoms with van der Waals surface area (Å²) in [6, 6.07) is 0. The van der Waals surface area contributed by atoms with Gasteiger partial charge in [-0.3, -0.25) is 4.79 Å². The number of amides is 1. The smallest absolute Gasteiger partial charge is 0.227 e. The summed E-state index contributed by atoms with van der Waals surface area (Å²) in [7, 11) is 0. The van der Waals surface area contributed by atoms with E-state index in [1.807, 2.05) is 20.8 Å². The maximum Gasteiger partial charge on any atom is 0.227 e. The first-order valence-corrected chi connectivity index (χ1v) is 6.30. The molecule has 2 fully saturated rings. The van der Waals surface area contributed by atoms with Crippen LogP contribution in [0, 0.1) is 10.8 Å². The lowest BCUT2D eigenvalue weighted by atomic mass is 9.79. The molecule has 0 atom stereocenters. The molecule has 2 aliphatic rings. The third kappa shape index (κ3) is 2.24. The van der Waals surface area contributed by atoms with E-state index in [0.717, 1.165) is 45.6 Å². The number of ether oxygens (including phenoxy) is 1. The molecule has 1 spiro atoms. The van der Waals surface area contributed by atoms with Crippen LogP contribution in [0.3, 0.4) is 0 Å². The first-order chi connectivity index (χ1) is 7.43. The monoisotopic (exact) mass is 225 g/mol. The standard InChI is InChI=1S/C13H23NO2/c1-12(2,3)11(15)14-7-4-13(10-14)5-8-16-9-6-13/h4-10H2,1-3H3. The number of likely N-dealkylation sites (tertiary alicyclic amines) is 1. The SMILES string of the molecule is CC(C)(C)C(=O)N1CCC2(CCOCC2)C1. The summed E-state index contributed by atoms with van der Waals surface area (Å²) in [5.41, 5.74) is 0.135. The Bertz CT molecular complexity index is 274. The summed E-state index contributed by atoms with van der Waals surface area (Å²) in [5.74, 6) is 0.302. The van der Waals surface area contributed by atoms with Crippen LogP contribution in [0.15, 0.2) is 0 Å². The molecule has 2 rings (SSSR count). The van der Waals surface area contributed by atoms with Gasteiger partial charge in [0.2, 0.25) is 5.91 Å². The lowest BCUT2D eigenvalue weighted by Gasteiger charge is -2.34. The van der Waals surface area contributed by atoms with Crippen LogP contribution >= 0.6 is 0 Å². The summed E-state index contributed by atoms with van der Waals surface area (Å²) in [5, 5.41) is 0. The van der Waals surface area contributed by atoms with E-state index >= 15 is 0 Å². The lowest BCUT2D eigenvalue weighted by molar-refractivity contribution is -0.139. The van der Waals surface area contributed by atoms with Crippen molar-refractivity contribution >= 4 is 5.91 Å². The van der Waals surface area contributed by atoms with Gasteiger partial charge in [0.05, 0.1) is 0 Å². The Labute approximate surface area is 98.1 Å². The molecule has 3 nitrogen and oxygen atoms in total. The first kappa shape index (κ1) is 11.9. The second-order valence-corrected chi connectivity index (χ2v) is 6.34. The van der Waals surface area contributed by atoms with Crippen molar-refractivity contribution in [3.63, 3.8) is 0 Å². The van der Waals surface area contributed by atoms with Crippen LogP contribution in [0.25, 0.3) is 0 Å². The van der Waals surface area contributed by atoms with E-state index in [9.17, 15) is 4.79 Å². The minimum atomic E-state index is -0.239. The highest BCUT2D eigenvalue weighted by Crippen LogP contribution is 2.40. The van der Waals surface area contributed by atoms with Gasteiger partial charge in [-0.05, 0) is 24.7 Å². The molecule has 0 N–H and O–H groups in total. The molecule has 0 bridgehead atoms. The molecule has 92 valence electrons. The van der Waals surface area contributed by atoms with E-state index in [4.69, 9.17) is 4.74 Å². The van der Waals surface area contributed by atoms with Crippen molar-refractivity contribution in [3.8, 4) is 0 Å². The van der Waals surface area contributed by atoms with Crippen LogP contribution in [0.2, 0.25) is 0 Å². The topological polar surface area (TPSA) is 29.5 Å². The Morgan fingerprint density at radius 2 is 1.81 bits per heavy atom. The third-order valence-corrected chi connectivity index (χ3v) is 3.92. The molecule has 0 radical (unpaired) electrons. The molecule has 0 aromatic heterocycles. The molecule has 2 aliphatic heterocycles. The van der Waals surface area contributed by atoms with E-state index in [1.54, 1.807) is 0 Å². The van der Waals surface area contributed by atoms with Gasteiger partial charge in [0.1, 0.15) is 0 Å². The average molecular weight is 225 g/mol. The molecule has 0 unspecified atom stereocenters. The fourth-order valence-corrected chi connectivity index (χ4v) is 2.80. The first-order valence-electron chi connectivity index (χ1n) is 6.30. The van der Waals surface area contributed by atoms with Gasteiger partial charge in [-0.15, -0.1) is 0 Å². The summed E-state index contributed by atoms with van der Waals surface area (Å²) in [4.78, 5) is 14.2. The highest BCUT2D eigenvalue weighted by Gasteiger charge is 2.42. The van der Waals surface area contributed by atoms with Crippen LogP contribution in [0.1, 0.15) is 40.0 Å². The number of rotatable bonds is 0. The highest BCUT2D eigenvalue weighted by atomic mass is 16.5. The molecule has 0 aliphatic carbocycles. The number of hydrogen-bond acceptors (Lipinski definition) is 2. The molecule has 0 saturated carbocycles. The second-order valence-electron chi connectivity index (χ2n) is 6.34. The molecule has 2 saturated heterocycles. The minimum absolute atomic E-state index is 0.239. The maximum atomic E-state index is 12.2. The third-order valence-electron chi connectivity index (χ3n) is 3.92. The summed E-state index contributed by atoms with van der Waals surface area (Å²) < 4.78 is 5.42. The number of carbonyl (C=O) groups is 1. The summed E-state index contributed by atoms with van der Waals surface area (Å²) in [6.45, 7) is 9.65. The molecular formula is C13H23NO2. The van der Waals surface area contributed by atoms with Crippen LogP contribution in [0.4, 0.5) is 0 Å². The normalized spacial score (nSPS) is 25.1. The van der Waals surface area contributed by atoms with Crippen LogP contribution in [-0.4, -0.2) is 37.1 Å². The van der Waals surface area contributed by atoms with E-state index in [1.165, 1.54) is 0 Å². The quantitative estimate of drug-likeness (QED) is 0.631. The Kier molecular flexibility index (Phi) is 2.99. The fourth-order valence-electron chi connectivity index (χ4n) is 2.80. The lowest BCUT2D eigenvalue weighted by Crippen LogP contribution is -2.40. The zero-order valence-electron chi connectivity index (χ0n) is 10.7. The summed E-state index contributed by atoms with van der Waals surface area (Å²) >= 11 is 0. The van der Waals surface area contributed by atoms with E-state index in [-0.39, 0.29) is 5.41 Å². The van der Waals surface area contributed by atoms with Crippen molar-refractivity contribution in [1.82, 2.24) is 4.90 Å². The van der Waals surface area contributed by atoms with Gasteiger partial charge in [-0.2, -0.15) is 0 Å². The Hall–Kier alpha value is -0.570. The highest BCUT2D eigenvalue weighted by molar-refractivity contribution is 5.81. The molecule has 2 heterocycles. The Morgan fingerprint density at radius 3 is 2.38 bits per heavy atom. The van der Waals surface area contributed by atoms with Gasteiger partial charge in [0.15, 0.2) is 0 Å². The van der Waals surface area contributed by atoms with Crippen molar-refractivity contribution in [1.29, 1.82) is 0 Å². The van der Waals surface area contributed by atoms with Gasteiger partial charge in [-0.1, -0.05) is 20.8 Å². The zero-order chi connectivity index (χ0) is 11.8. The maximum absolute atomic E-state index is 12.2. The largest absolute Gasteiger partial charge is 0.381 e. The van der Waals surface area contributed by atoms with Crippen molar-refractivity contribution in [2.75, 3.05) is 26.3 Å². The van der Waals surface area contributed by atoms with Gasteiger partial charge in [0, 0.05) is 31.7 Å². The molecule has 0 aromatic rings. The van der Waals surface area contributed by atoms with Gasteiger partial charge in [0.25, 0.3) is 0 Å². The fraction of sp³-hybridized carbons (Fsp3) is 0.923. The van der Waals surface area contributed by atoms with Gasteiger partial charge in [-0.25, -0.2) is 0 Å². The molecule has 0 aromatic carbocycles. The summed E-state index contributed by atoms with van der Waals surface area (Å²) in [6.07, 6.45) is 3.42. The molecule has 3 heteroatoms. The average Bonchev–Trinajstić information content (AvgIpc) is 2.61. The van der Waals surface area contributed by atoms with Crippen LogP contribution in [-0.2, 0) is 9.53 Å². The van der Waals surface area contributed by atoms with Crippen LogP contribution in [0.5, 0.6) is 0 Å². The predicted octanol–water partition coefficient (Wildman–Crippen LogP) is 2.06. The van der Waals surface area contributed by atoms with Crippen molar-refractivity contribution < 1.29 is 9.53 Å². The number of carbonyl (C=O) groups excluding carboxylic acids is 1. The Morgan fingerprint density at radius 1 is 1.19 bits per heavy atom. The van der Waals surface area contributed by atoms with Gasteiger partial charge >= 0.3 is 0 Å². The molecule has 16 heavy (non-hydrogen) atoms.